The van der Waals surface area contributed by atoms with Crippen LogP contribution >= 0.6 is 0 Å². The summed E-state index contributed by atoms with van der Waals surface area (Å²) in [6.45, 7) is 4.62. The Labute approximate surface area is 532 Å². The number of ketones is 5. The van der Waals surface area contributed by atoms with Gasteiger partial charge >= 0.3 is 5.97 Å². The monoisotopic (exact) mass is 1290 g/mol. The number of likely N-dealkylation sites (tertiary alicyclic amines) is 1. The van der Waals surface area contributed by atoms with E-state index in [1.165, 1.54) is 43.3 Å². The van der Waals surface area contributed by atoms with Crippen LogP contribution in [0.2, 0.25) is 0 Å². The van der Waals surface area contributed by atoms with E-state index in [9.17, 15) is 92.7 Å². The summed E-state index contributed by atoms with van der Waals surface area (Å²) in [4.78, 5) is 191. The zero-order chi connectivity index (χ0) is 68.9. The first-order valence-electron chi connectivity index (χ1n) is 30.4. The predicted octanol–water partition coefficient (Wildman–Crippen LogP) is -1.84. The lowest BCUT2D eigenvalue weighted by Crippen LogP contribution is -2.51. The number of primary amides is 2. The van der Waals surface area contributed by atoms with Crippen molar-refractivity contribution < 1.29 is 92.7 Å². The van der Waals surface area contributed by atoms with E-state index in [2.05, 4.69) is 31.6 Å². The number of aliphatic imine (C=N–C) groups is 1. The number of aliphatic hydroxyl groups is 2. The number of benzene rings is 2. The molecule has 1 saturated heterocycles. The summed E-state index contributed by atoms with van der Waals surface area (Å²) in [5.41, 5.74) is 22.8. The number of aliphatic hydroxyl groups excluding tert-OH is 2. The number of carboxylic acids is 1. The molecule has 8 amide bonds. The Bertz CT molecular complexity index is 2970. The van der Waals surface area contributed by atoms with E-state index in [-0.39, 0.29) is 93.1 Å². The van der Waals surface area contributed by atoms with Gasteiger partial charge in [0.1, 0.15) is 29.4 Å². The second-order valence-electron chi connectivity index (χ2n) is 23.7. The number of hydrogen-bond acceptors (Lipinski definition) is 19. The number of aliphatic carboxylic acids is 1. The molecule has 1 aliphatic heterocycles. The second-order valence-corrected chi connectivity index (χ2v) is 23.7. The van der Waals surface area contributed by atoms with Crippen LogP contribution in [0.25, 0.3) is 0 Å². The molecule has 0 saturated carbocycles. The van der Waals surface area contributed by atoms with Crippen LogP contribution in [0.15, 0.2) is 53.5 Å². The van der Waals surface area contributed by atoms with E-state index >= 15 is 0 Å². The first-order chi connectivity index (χ1) is 43.3. The van der Waals surface area contributed by atoms with Crippen LogP contribution in [0.1, 0.15) is 122 Å². The van der Waals surface area contributed by atoms with E-state index < -0.39 is 195 Å². The number of carboxylic acid groups (broad SMARTS) is 1. The number of nitrogens with two attached hydrogens (primary N) is 4. The lowest BCUT2D eigenvalue weighted by molar-refractivity contribution is -0.145. The third-order valence-electron chi connectivity index (χ3n) is 15.4. The first-order valence-corrected chi connectivity index (χ1v) is 30.4. The van der Waals surface area contributed by atoms with Crippen molar-refractivity contribution in [2.45, 2.75) is 154 Å². The van der Waals surface area contributed by atoms with E-state index in [1.54, 1.807) is 19.1 Å². The average Bonchev–Trinajstić information content (AvgIpc) is 1.72. The molecule has 30 nitrogen and oxygen atoms in total. The fraction of sp³-hybridized carbons (Fsp3) is 0.565. The highest BCUT2D eigenvalue weighted by atomic mass is 16.4. The topological polar surface area (TPSA) is 520 Å². The number of carbonyl (C=O) groups excluding carboxylic acids is 13. The number of phenols is 2. The van der Waals surface area contributed by atoms with Gasteiger partial charge in [-0.1, -0.05) is 52.0 Å². The molecule has 92 heavy (non-hydrogen) atoms. The van der Waals surface area contributed by atoms with Crippen molar-refractivity contribution in [2.75, 3.05) is 32.8 Å². The zero-order valence-electron chi connectivity index (χ0n) is 52.3. The molecule has 1 aliphatic rings. The van der Waals surface area contributed by atoms with Gasteiger partial charge in [0.25, 0.3) is 0 Å². The summed E-state index contributed by atoms with van der Waals surface area (Å²) >= 11 is 0. The molecule has 0 radical (unpaired) electrons. The summed E-state index contributed by atoms with van der Waals surface area (Å²) in [5.74, 6) is -17.6. The molecule has 0 spiro atoms. The number of phenolic OH excluding ortho intramolecular Hbond substituents is 2. The molecule has 3 rings (SSSR count). The van der Waals surface area contributed by atoms with Crippen LogP contribution in [0, 0.1) is 35.5 Å². The van der Waals surface area contributed by atoms with Crippen LogP contribution in [0.5, 0.6) is 11.5 Å². The SMILES string of the molecule is CC(C)C[C@H](C)C(=O)C[C@@H](Cc1ccc(O)cc1)C(=O)N[C@@H](CCCN=C(N)N)C(=O)C[C@@H](C)C(=O)N[C@@H](CC(N)=O)C(=O)CCC(=O)N[C@@H](CC(=O)O)C(=O)C[C@@H](CO)C(=O)N1CCC[C@H]1C(=O)NCC(=O)C[C@@H](Cc1ccc(O)cc1)C(=O)N[C@@H](CO)C(N)=O. The molecule has 2 aromatic rings. The summed E-state index contributed by atoms with van der Waals surface area (Å²) in [6, 6.07) is 4.38. The van der Waals surface area contributed by atoms with Gasteiger partial charge in [-0.2, -0.15) is 0 Å². The van der Waals surface area contributed by atoms with Gasteiger partial charge in [0.2, 0.25) is 47.3 Å². The summed E-state index contributed by atoms with van der Waals surface area (Å²) in [5, 5.41) is 61.2. The second kappa shape index (κ2) is 38.5. The van der Waals surface area contributed by atoms with Gasteiger partial charge in [0.05, 0.1) is 56.6 Å². The highest BCUT2D eigenvalue weighted by Crippen LogP contribution is 2.25. The first kappa shape index (κ1) is 77.1. The maximum atomic E-state index is 14.1. The number of carbonyl (C=O) groups is 14. The Kier molecular flexibility index (Phi) is 32.2. The van der Waals surface area contributed by atoms with Gasteiger partial charge in [-0.25, -0.2) is 0 Å². The van der Waals surface area contributed by atoms with Crippen LogP contribution in [-0.2, 0) is 80.0 Å². The molecule has 10 atom stereocenters. The summed E-state index contributed by atoms with van der Waals surface area (Å²) < 4.78 is 0. The minimum atomic E-state index is -1.82. The fourth-order valence-corrected chi connectivity index (χ4v) is 10.4. The molecular weight excluding hydrogens is 1200 g/mol. The molecule has 0 aliphatic carbocycles. The molecule has 1 heterocycles. The van der Waals surface area contributed by atoms with Crippen LogP contribution in [-0.4, -0.2) is 182 Å². The van der Waals surface area contributed by atoms with Crippen LogP contribution < -0.4 is 49.5 Å². The number of hydrogen-bond donors (Lipinski definition) is 14. The van der Waals surface area contributed by atoms with Crippen molar-refractivity contribution >= 4 is 88.1 Å². The largest absolute Gasteiger partial charge is 0.508 e. The van der Waals surface area contributed by atoms with Crippen LogP contribution in [0.3, 0.4) is 0 Å². The molecule has 506 valence electrons. The smallest absolute Gasteiger partial charge is 0.305 e. The van der Waals surface area contributed by atoms with Crippen molar-refractivity contribution in [3.8, 4) is 11.5 Å². The molecule has 0 aromatic heterocycles. The number of nitrogens with zero attached hydrogens (tertiary/aromatic N) is 2. The number of rotatable bonds is 43. The third-order valence-corrected chi connectivity index (χ3v) is 15.4. The minimum absolute atomic E-state index is 0.00734. The van der Waals surface area contributed by atoms with Gasteiger partial charge in [-0.15, -0.1) is 0 Å². The molecule has 0 unspecified atom stereocenters. The Morgan fingerprint density at radius 2 is 1.12 bits per heavy atom. The molecule has 2 aromatic carbocycles. The van der Waals surface area contributed by atoms with Crippen molar-refractivity contribution in [2.24, 2.45) is 63.4 Å². The maximum absolute atomic E-state index is 14.1. The molecule has 1 fully saturated rings. The lowest BCUT2D eigenvalue weighted by Gasteiger charge is -2.28. The standard InChI is InChI=1S/C62H89N11O19/c1-33(2)21-34(3)50(80)26-39(24-37-11-15-42(77)16-12-37)59(90)70-44(7-5-19-67-62(65)66)51(81)22-35(4)57(88)71-45(28-53(63)83)49(79)17-18-54(84)69-46(29-55(85)86)52(82)27-40(31-74)61(92)73-20-6-8-48(73)60(91)68-30-43(78)25-38(23-36-9-13-41(76)14-10-36)58(89)72-47(32-75)56(64)87/h9-16,33-35,38-40,44-48,74-77H,5-8,17-32H2,1-4H3,(H2,63,83)(H2,64,87)(H,68,91)(H,69,84)(H,70,90)(H,71,88)(H,72,89)(H,85,86)(H4,65,66,67)/t34-,35+,38+,39+,40-,44-,45-,46-,47-,48-/m0/s1. The summed E-state index contributed by atoms with van der Waals surface area (Å²) in [6.07, 6.45) is -4.14. The lowest BCUT2D eigenvalue weighted by atomic mass is 9.86. The Morgan fingerprint density at radius 3 is 1.64 bits per heavy atom. The predicted molar refractivity (Wildman–Crippen MR) is 329 cm³/mol. The number of nitrogens with one attached hydrogen (secondary N) is 5. The molecule has 18 N–H and O–H groups in total. The van der Waals surface area contributed by atoms with E-state index in [1.807, 2.05) is 13.8 Å². The average molecular weight is 1290 g/mol. The number of aromatic hydroxyl groups is 2. The van der Waals surface area contributed by atoms with Crippen molar-refractivity contribution in [3.05, 3.63) is 59.7 Å². The van der Waals surface area contributed by atoms with Crippen molar-refractivity contribution in [1.29, 1.82) is 0 Å². The van der Waals surface area contributed by atoms with Crippen LogP contribution in [0.4, 0.5) is 0 Å². The maximum Gasteiger partial charge on any atom is 0.305 e. The summed E-state index contributed by atoms with van der Waals surface area (Å²) in [7, 11) is 0. The normalized spacial score (nSPS) is 15.7. The van der Waals surface area contributed by atoms with E-state index in [4.69, 9.17) is 22.9 Å². The molecule has 30 heteroatoms. The Hall–Kier alpha value is -9.19. The highest BCUT2D eigenvalue weighted by molar-refractivity contribution is 6.00. The fourth-order valence-electron chi connectivity index (χ4n) is 10.4. The van der Waals surface area contributed by atoms with Gasteiger partial charge in [-0.3, -0.25) is 72.1 Å². The Balaban J connectivity index is 1.68. The van der Waals surface area contributed by atoms with E-state index in [0.29, 0.717) is 17.5 Å². The van der Waals surface area contributed by atoms with Gasteiger partial charge < -0.3 is 80.0 Å². The van der Waals surface area contributed by atoms with E-state index in [0.717, 1.165) is 4.90 Å². The van der Waals surface area contributed by atoms with Gasteiger partial charge in [0.15, 0.2) is 29.1 Å². The number of guanidine groups is 1. The number of amides is 8. The minimum Gasteiger partial charge on any atom is -0.508 e. The number of Topliss-reactive ketones (excluding diaryl/α,β-unsaturated/α-hetero) is 5. The quantitative estimate of drug-likeness (QED) is 0.0197. The Morgan fingerprint density at radius 1 is 0.587 bits per heavy atom. The van der Waals surface area contributed by atoms with Crippen molar-refractivity contribution in [3.63, 3.8) is 0 Å². The highest BCUT2D eigenvalue weighted by Gasteiger charge is 2.40. The molecule has 0 bridgehead atoms. The zero-order valence-corrected chi connectivity index (χ0v) is 52.3. The van der Waals surface area contributed by atoms with Gasteiger partial charge in [-0.05, 0) is 86.3 Å². The van der Waals surface area contributed by atoms with Gasteiger partial charge in [0, 0.05) is 75.3 Å². The molecular formula is C62H89N11O19. The third kappa shape index (κ3) is 27.1. The van der Waals surface area contributed by atoms with Crippen molar-refractivity contribution in [1.82, 2.24) is 31.5 Å².